The lowest BCUT2D eigenvalue weighted by atomic mass is 9.92. The highest BCUT2D eigenvalue weighted by atomic mass is 35.5. The van der Waals surface area contributed by atoms with Gasteiger partial charge in [0.25, 0.3) is 0 Å². The number of benzene rings is 2. The minimum atomic E-state index is -0.975. The Hall–Kier alpha value is -2.00. The molecule has 2 aromatic carbocycles. The zero-order valence-corrected chi connectivity index (χ0v) is 14.6. The van der Waals surface area contributed by atoms with E-state index in [1.54, 1.807) is 12.1 Å². The largest absolute Gasteiger partial charge is 0.478 e. The van der Waals surface area contributed by atoms with Gasteiger partial charge in [0.2, 0.25) is 0 Å². The molecule has 4 heteroatoms. The molecule has 0 aliphatic rings. The van der Waals surface area contributed by atoms with Crippen LogP contribution in [0.5, 0.6) is 0 Å². The summed E-state index contributed by atoms with van der Waals surface area (Å²) in [5.74, 6) is -0.329. The van der Waals surface area contributed by atoms with Crippen molar-refractivity contribution in [1.29, 1.82) is 0 Å². The SMILES string of the molecule is CC(C)c1cccc(C(C)C)c1Nc1cc(Cl)ccc1C(=O)O. The zero-order valence-electron chi connectivity index (χ0n) is 13.9. The molecule has 2 aromatic rings. The van der Waals surface area contributed by atoms with Crippen molar-refractivity contribution in [3.05, 3.63) is 58.1 Å². The minimum Gasteiger partial charge on any atom is -0.478 e. The first-order valence-electron chi connectivity index (χ1n) is 7.74. The standard InChI is InChI=1S/C19H22ClNO2/c1-11(2)14-6-5-7-15(12(3)4)18(14)21-17-10-13(20)8-9-16(17)19(22)23/h5-12,21H,1-4H3,(H,22,23). The van der Waals surface area contributed by atoms with Crippen LogP contribution in [0.4, 0.5) is 11.4 Å². The first-order valence-corrected chi connectivity index (χ1v) is 8.11. The number of nitrogens with one attached hydrogen (secondary N) is 1. The van der Waals surface area contributed by atoms with Gasteiger partial charge in [0.1, 0.15) is 0 Å². The maximum atomic E-state index is 11.5. The number of rotatable bonds is 5. The first-order chi connectivity index (χ1) is 10.8. The summed E-state index contributed by atoms with van der Waals surface area (Å²) >= 11 is 6.06. The normalized spacial score (nSPS) is 11.1. The third kappa shape index (κ3) is 3.85. The van der Waals surface area contributed by atoms with Crippen LogP contribution in [0, 0.1) is 0 Å². The molecule has 0 spiro atoms. The summed E-state index contributed by atoms with van der Waals surface area (Å²) in [4.78, 5) is 11.5. The van der Waals surface area contributed by atoms with Gasteiger partial charge in [0.05, 0.1) is 11.3 Å². The van der Waals surface area contributed by atoms with Crippen LogP contribution in [-0.2, 0) is 0 Å². The van der Waals surface area contributed by atoms with Crippen LogP contribution < -0.4 is 5.32 Å². The second-order valence-corrected chi connectivity index (χ2v) is 6.68. The molecule has 122 valence electrons. The molecule has 3 nitrogen and oxygen atoms in total. The van der Waals surface area contributed by atoms with Gasteiger partial charge >= 0.3 is 5.97 Å². The van der Waals surface area contributed by atoms with Crippen molar-refractivity contribution in [3.63, 3.8) is 0 Å². The van der Waals surface area contributed by atoms with Crippen LogP contribution in [0.1, 0.15) is 61.0 Å². The van der Waals surface area contributed by atoms with Crippen molar-refractivity contribution < 1.29 is 9.90 Å². The van der Waals surface area contributed by atoms with E-state index in [1.165, 1.54) is 6.07 Å². The lowest BCUT2D eigenvalue weighted by Gasteiger charge is -2.21. The third-order valence-electron chi connectivity index (χ3n) is 3.84. The predicted octanol–water partition coefficient (Wildman–Crippen LogP) is 6.03. The third-order valence-corrected chi connectivity index (χ3v) is 4.08. The molecule has 0 saturated carbocycles. The average Bonchev–Trinajstić information content (AvgIpc) is 2.46. The molecular formula is C19H22ClNO2. The summed E-state index contributed by atoms with van der Waals surface area (Å²) in [6.45, 7) is 8.50. The monoisotopic (exact) mass is 331 g/mol. The Balaban J connectivity index is 2.60. The molecule has 0 unspecified atom stereocenters. The Bertz CT molecular complexity index is 697. The van der Waals surface area contributed by atoms with Gasteiger partial charge < -0.3 is 10.4 Å². The molecular weight excluding hydrogens is 310 g/mol. The van der Waals surface area contributed by atoms with E-state index in [9.17, 15) is 9.90 Å². The van der Waals surface area contributed by atoms with Crippen LogP contribution in [-0.4, -0.2) is 11.1 Å². The molecule has 0 atom stereocenters. The van der Waals surface area contributed by atoms with Crippen LogP contribution in [0.3, 0.4) is 0 Å². The van der Waals surface area contributed by atoms with Gasteiger partial charge in [-0.25, -0.2) is 4.79 Å². The molecule has 0 fully saturated rings. The number of carboxylic acids is 1. The Morgan fingerprint density at radius 2 is 1.61 bits per heavy atom. The summed E-state index contributed by atoms with van der Waals surface area (Å²) in [5, 5.41) is 13.2. The van der Waals surface area contributed by atoms with Gasteiger partial charge in [0, 0.05) is 10.7 Å². The smallest absolute Gasteiger partial charge is 0.337 e. The molecule has 23 heavy (non-hydrogen) atoms. The number of hydrogen-bond donors (Lipinski definition) is 2. The van der Waals surface area contributed by atoms with Crippen molar-refractivity contribution >= 4 is 28.9 Å². The first kappa shape index (κ1) is 17.4. The molecule has 2 N–H and O–H groups in total. The Morgan fingerprint density at radius 3 is 2.09 bits per heavy atom. The fourth-order valence-corrected chi connectivity index (χ4v) is 2.81. The molecule has 0 bridgehead atoms. The van der Waals surface area contributed by atoms with Crippen molar-refractivity contribution in [2.45, 2.75) is 39.5 Å². The number of halogens is 1. The van der Waals surface area contributed by atoms with Crippen molar-refractivity contribution in [2.24, 2.45) is 0 Å². The fraction of sp³-hybridized carbons (Fsp3) is 0.316. The Kier molecular flexibility index (Phi) is 5.32. The second-order valence-electron chi connectivity index (χ2n) is 6.24. The lowest BCUT2D eigenvalue weighted by molar-refractivity contribution is 0.0698. The quantitative estimate of drug-likeness (QED) is 0.703. The van der Waals surface area contributed by atoms with E-state index in [4.69, 9.17) is 11.6 Å². The summed E-state index contributed by atoms with van der Waals surface area (Å²) in [6, 6.07) is 11.0. The Morgan fingerprint density at radius 1 is 1.04 bits per heavy atom. The maximum absolute atomic E-state index is 11.5. The van der Waals surface area contributed by atoms with Crippen molar-refractivity contribution in [2.75, 3.05) is 5.32 Å². The fourth-order valence-electron chi connectivity index (χ4n) is 2.64. The number of hydrogen-bond acceptors (Lipinski definition) is 2. The highest BCUT2D eigenvalue weighted by Crippen LogP contribution is 2.36. The van der Waals surface area contributed by atoms with E-state index in [1.807, 2.05) is 6.07 Å². The molecule has 0 heterocycles. The number of aromatic carboxylic acids is 1. The molecule has 2 rings (SSSR count). The summed E-state index contributed by atoms with van der Waals surface area (Å²) in [5.41, 5.74) is 4.02. The van der Waals surface area contributed by atoms with E-state index < -0.39 is 5.97 Å². The van der Waals surface area contributed by atoms with E-state index in [-0.39, 0.29) is 5.56 Å². The number of para-hydroxylation sites is 1. The molecule has 0 aliphatic carbocycles. The van der Waals surface area contributed by atoms with Gasteiger partial charge in [-0.1, -0.05) is 57.5 Å². The zero-order chi connectivity index (χ0) is 17.1. The number of carbonyl (C=O) groups is 1. The highest BCUT2D eigenvalue weighted by Gasteiger charge is 2.17. The number of carboxylic acid groups (broad SMARTS) is 1. The van der Waals surface area contributed by atoms with Gasteiger partial charge in [-0.3, -0.25) is 0 Å². The van der Waals surface area contributed by atoms with E-state index in [0.29, 0.717) is 22.5 Å². The maximum Gasteiger partial charge on any atom is 0.337 e. The van der Waals surface area contributed by atoms with Crippen LogP contribution >= 0.6 is 11.6 Å². The molecule has 0 aliphatic heterocycles. The molecule has 0 aromatic heterocycles. The van der Waals surface area contributed by atoms with Crippen molar-refractivity contribution in [1.82, 2.24) is 0 Å². The summed E-state index contributed by atoms with van der Waals surface area (Å²) in [6.07, 6.45) is 0. The number of anilines is 2. The van der Waals surface area contributed by atoms with Crippen LogP contribution in [0.2, 0.25) is 5.02 Å². The van der Waals surface area contributed by atoms with Gasteiger partial charge in [-0.2, -0.15) is 0 Å². The van der Waals surface area contributed by atoms with E-state index in [2.05, 4.69) is 45.1 Å². The van der Waals surface area contributed by atoms with Crippen LogP contribution in [0.25, 0.3) is 0 Å². The van der Waals surface area contributed by atoms with Crippen molar-refractivity contribution in [3.8, 4) is 0 Å². The highest BCUT2D eigenvalue weighted by molar-refractivity contribution is 6.31. The van der Waals surface area contributed by atoms with Crippen LogP contribution in [0.15, 0.2) is 36.4 Å². The van der Waals surface area contributed by atoms with Gasteiger partial charge in [-0.05, 0) is 41.2 Å². The Labute approximate surface area is 142 Å². The van der Waals surface area contributed by atoms with Gasteiger partial charge in [-0.15, -0.1) is 0 Å². The topological polar surface area (TPSA) is 49.3 Å². The molecule has 0 amide bonds. The summed E-state index contributed by atoms with van der Waals surface area (Å²) < 4.78 is 0. The minimum absolute atomic E-state index is 0.211. The molecule has 0 radical (unpaired) electrons. The summed E-state index contributed by atoms with van der Waals surface area (Å²) in [7, 11) is 0. The van der Waals surface area contributed by atoms with E-state index >= 15 is 0 Å². The predicted molar refractivity (Wildman–Crippen MR) is 96.3 cm³/mol. The average molecular weight is 332 g/mol. The lowest BCUT2D eigenvalue weighted by Crippen LogP contribution is -2.07. The molecule has 0 saturated heterocycles. The van der Waals surface area contributed by atoms with Gasteiger partial charge in [0.15, 0.2) is 0 Å². The second kappa shape index (κ2) is 7.05. The van der Waals surface area contributed by atoms with E-state index in [0.717, 1.165) is 16.8 Å².